The van der Waals surface area contributed by atoms with Gasteiger partial charge in [0.2, 0.25) is 0 Å². The number of hydrogen-bond donors (Lipinski definition) is 2. The van der Waals surface area contributed by atoms with Crippen LogP contribution in [0.15, 0.2) is 30.3 Å². The molecule has 0 radical (unpaired) electrons. The fourth-order valence-electron chi connectivity index (χ4n) is 2.96. The largest absolute Gasteiger partial charge is 0.480 e. The summed E-state index contributed by atoms with van der Waals surface area (Å²) in [5.74, 6) is -2.31. The summed E-state index contributed by atoms with van der Waals surface area (Å²) in [6.07, 6.45) is 0. The van der Waals surface area contributed by atoms with E-state index in [1.54, 1.807) is 18.2 Å². The lowest BCUT2D eigenvalue weighted by Gasteiger charge is -2.29. The molecule has 2 aromatic rings. The van der Waals surface area contributed by atoms with Crippen molar-refractivity contribution in [3.8, 4) is 0 Å². The van der Waals surface area contributed by atoms with Crippen LogP contribution >= 0.6 is 0 Å². The van der Waals surface area contributed by atoms with E-state index < -0.39 is 23.8 Å². The number of carbonyl (C=O) groups is 3. The molecular weight excluding hydrogens is 310 g/mol. The third-order valence-electron chi connectivity index (χ3n) is 4.15. The SMILES string of the molecule is CN(C)c1ccc2c3c(cccc13)C(=O)N(CC(N)C(=O)O)C2=O. The van der Waals surface area contributed by atoms with Crippen LogP contribution < -0.4 is 10.6 Å². The highest BCUT2D eigenvalue weighted by Crippen LogP contribution is 2.35. The average Bonchev–Trinajstić information content (AvgIpc) is 2.55. The molecule has 0 spiro atoms. The highest BCUT2D eigenvalue weighted by molar-refractivity contribution is 6.26. The number of imide groups is 1. The third kappa shape index (κ3) is 2.30. The lowest BCUT2D eigenvalue weighted by molar-refractivity contribution is -0.138. The third-order valence-corrected chi connectivity index (χ3v) is 4.15. The maximum atomic E-state index is 12.7. The van der Waals surface area contributed by atoms with Gasteiger partial charge in [0.05, 0.1) is 6.54 Å². The summed E-state index contributed by atoms with van der Waals surface area (Å²) < 4.78 is 0. The Labute approximate surface area is 138 Å². The van der Waals surface area contributed by atoms with Gasteiger partial charge in [0.1, 0.15) is 6.04 Å². The minimum atomic E-state index is -1.32. The molecule has 0 aromatic heterocycles. The van der Waals surface area contributed by atoms with Crippen LogP contribution in [0.4, 0.5) is 5.69 Å². The fraction of sp³-hybridized carbons (Fsp3) is 0.235. The van der Waals surface area contributed by atoms with Crippen molar-refractivity contribution in [1.82, 2.24) is 4.90 Å². The van der Waals surface area contributed by atoms with Gasteiger partial charge in [-0.1, -0.05) is 12.1 Å². The minimum Gasteiger partial charge on any atom is -0.480 e. The molecule has 1 aliphatic heterocycles. The van der Waals surface area contributed by atoms with Gasteiger partial charge in [-0.2, -0.15) is 0 Å². The van der Waals surface area contributed by atoms with Crippen molar-refractivity contribution in [2.45, 2.75) is 6.04 Å². The second-order valence-electron chi connectivity index (χ2n) is 5.92. The van der Waals surface area contributed by atoms with Gasteiger partial charge in [0.15, 0.2) is 0 Å². The van der Waals surface area contributed by atoms with Crippen LogP contribution in [-0.2, 0) is 4.79 Å². The predicted molar refractivity (Wildman–Crippen MR) is 89.3 cm³/mol. The van der Waals surface area contributed by atoms with Crippen molar-refractivity contribution in [3.63, 3.8) is 0 Å². The average molecular weight is 327 g/mol. The summed E-state index contributed by atoms with van der Waals surface area (Å²) in [7, 11) is 3.77. The van der Waals surface area contributed by atoms with Gasteiger partial charge in [0.25, 0.3) is 11.8 Å². The van der Waals surface area contributed by atoms with E-state index in [0.717, 1.165) is 16.0 Å². The number of hydrogen-bond acceptors (Lipinski definition) is 5. The molecule has 1 unspecified atom stereocenters. The summed E-state index contributed by atoms with van der Waals surface area (Å²) in [5, 5.41) is 10.4. The zero-order valence-corrected chi connectivity index (χ0v) is 13.3. The van der Waals surface area contributed by atoms with Crippen molar-refractivity contribution >= 4 is 34.2 Å². The number of anilines is 1. The Morgan fingerprint density at radius 1 is 1.17 bits per heavy atom. The zero-order valence-electron chi connectivity index (χ0n) is 13.3. The number of carboxylic acid groups (broad SMARTS) is 1. The lowest BCUT2D eigenvalue weighted by Crippen LogP contribution is -2.49. The van der Waals surface area contributed by atoms with Crippen molar-refractivity contribution in [2.24, 2.45) is 5.73 Å². The van der Waals surface area contributed by atoms with E-state index in [1.165, 1.54) is 0 Å². The van der Waals surface area contributed by atoms with Gasteiger partial charge in [0, 0.05) is 41.7 Å². The molecule has 1 heterocycles. The van der Waals surface area contributed by atoms with Gasteiger partial charge < -0.3 is 15.7 Å². The van der Waals surface area contributed by atoms with Gasteiger partial charge in [-0.05, 0) is 18.2 Å². The Balaban J connectivity index is 2.18. The molecule has 7 heteroatoms. The number of nitrogens with two attached hydrogens (primary N) is 1. The Kier molecular flexibility index (Phi) is 3.73. The fourth-order valence-corrected chi connectivity index (χ4v) is 2.96. The van der Waals surface area contributed by atoms with Crippen LogP contribution in [0, 0.1) is 0 Å². The van der Waals surface area contributed by atoms with Crippen molar-refractivity contribution in [1.29, 1.82) is 0 Å². The highest BCUT2D eigenvalue weighted by Gasteiger charge is 2.35. The summed E-state index contributed by atoms with van der Waals surface area (Å²) >= 11 is 0. The standard InChI is InChI=1S/C17H17N3O4/c1-19(2)13-7-6-11-14-9(13)4-3-5-10(14)15(21)20(16(11)22)8-12(18)17(23)24/h3-7,12H,8,18H2,1-2H3,(H,23,24). The smallest absolute Gasteiger partial charge is 0.322 e. The van der Waals surface area contributed by atoms with Gasteiger partial charge in [-0.15, -0.1) is 0 Å². The molecule has 2 amide bonds. The highest BCUT2D eigenvalue weighted by atomic mass is 16.4. The molecule has 7 nitrogen and oxygen atoms in total. The maximum Gasteiger partial charge on any atom is 0.322 e. The summed E-state index contributed by atoms with van der Waals surface area (Å²) in [6, 6.07) is 7.40. The number of amides is 2. The lowest BCUT2D eigenvalue weighted by atomic mass is 9.92. The Morgan fingerprint density at radius 3 is 2.38 bits per heavy atom. The number of rotatable bonds is 4. The monoisotopic (exact) mass is 327 g/mol. The molecule has 0 saturated carbocycles. The molecular formula is C17H17N3O4. The van der Waals surface area contributed by atoms with Crippen LogP contribution in [0.1, 0.15) is 20.7 Å². The molecule has 3 N–H and O–H groups in total. The molecule has 124 valence electrons. The second-order valence-corrected chi connectivity index (χ2v) is 5.92. The van der Waals surface area contributed by atoms with E-state index in [4.69, 9.17) is 10.8 Å². The molecule has 2 aromatic carbocycles. The first-order valence-electron chi connectivity index (χ1n) is 7.40. The minimum absolute atomic E-state index is 0.363. The molecule has 0 fully saturated rings. The second kappa shape index (κ2) is 5.61. The molecule has 1 atom stereocenters. The van der Waals surface area contributed by atoms with Crippen molar-refractivity contribution in [2.75, 3.05) is 25.5 Å². The zero-order chi connectivity index (χ0) is 17.6. The molecule has 24 heavy (non-hydrogen) atoms. The Morgan fingerprint density at radius 2 is 1.79 bits per heavy atom. The van der Waals surface area contributed by atoms with Gasteiger partial charge in [-0.25, -0.2) is 0 Å². The normalized spacial score (nSPS) is 14.9. The number of nitrogens with zero attached hydrogens (tertiary/aromatic N) is 2. The number of benzene rings is 2. The number of aliphatic carboxylic acids is 1. The van der Waals surface area contributed by atoms with Gasteiger partial charge >= 0.3 is 5.97 Å². The molecule has 3 rings (SSSR count). The quantitative estimate of drug-likeness (QED) is 0.809. The Bertz CT molecular complexity index is 853. The molecule has 0 saturated heterocycles. The van der Waals surface area contributed by atoms with Crippen LogP contribution in [0.5, 0.6) is 0 Å². The topological polar surface area (TPSA) is 104 Å². The van der Waals surface area contributed by atoms with E-state index in [2.05, 4.69) is 0 Å². The van der Waals surface area contributed by atoms with Crippen LogP contribution in [0.3, 0.4) is 0 Å². The van der Waals surface area contributed by atoms with Crippen molar-refractivity contribution in [3.05, 3.63) is 41.5 Å². The maximum absolute atomic E-state index is 12.7. The van der Waals surface area contributed by atoms with E-state index in [9.17, 15) is 14.4 Å². The van der Waals surface area contributed by atoms with E-state index >= 15 is 0 Å². The van der Waals surface area contributed by atoms with E-state index in [-0.39, 0.29) is 6.54 Å². The molecule has 1 aliphatic rings. The first kappa shape index (κ1) is 15.9. The van der Waals surface area contributed by atoms with Crippen LogP contribution in [-0.4, -0.2) is 54.5 Å². The van der Waals surface area contributed by atoms with Gasteiger partial charge in [-0.3, -0.25) is 19.3 Å². The summed E-state index contributed by atoms with van der Waals surface area (Å²) in [4.78, 5) is 39.2. The van der Waals surface area contributed by atoms with E-state index in [1.807, 2.05) is 31.1 Å². The first-order chi connectivity index (χ1) is 11.3. The molecule has 0 aliphatic carbocycles. The van der Waals surface area contributed by atoms with Crippen LogP contribution in [0.25, 0.3) is 10.8 Å². The number of carbonyl (C=O) groups excluding carboxylic acids is 2. The first-order valence-corrected chi connectivity index (χ1v) is 7.40. The van der Waals surface area contributed by atoms with Crippen LogP contribution in [0.2, 0.25) is 0 Å². The van der Waals surface area contributed by atoms with E-state index in [0.29, 0.717) is 16.5 Å². The summed E-state index contributed by atoms with van der Waals surface area (Å²) in [5.41, 5.74) is 7.15. The Hall–Kier alpha value is -2.93. The predicted octanol–water partition coefficient (Wildman–Crippen LogP) is 0.914. The number of carboxylic acids is 1. The molecule has 0 bridgehead atoms. The summed E-state index contributed by atoms with van der Waals surface area (Å²) in [6.45, 7) is -0.363. The van der Waals surface area contributed by atoms with Crippen molar-refractivity contribution < 1.29 is 19.5 Å².